The minimum Gasteiger partial charge on any atom is -0.388 e. The van der Waals surface area contributed by atoms with Gasteiger partial charge in [0.05, 0.1) is 0 Å². The molecule has 0 spiro atoms. The normalized spacial score (nSPS) is 15.3. The zero-order valence-electron chi connectivity index (χ0n) is 9.06. The van der Waals surface area contributed by atoms with E-state index >= 15 is 0 Å². The SMILES string of the molecule is CNc1ccc2[nH]c3c(c2c1)CCCC3. The molecule has 2 N–H and O–H groups in total. The number of rotatable bonds is 1. The van der Waals surface area contributed by atoms with Crippen LogP contribution in [0, 0.1) is 0 Å². The molecule has 15 heavy (non-hydrogen) atoms. The van der Waals surface area contributed by atoms with Crippen molar-refractivity contribution >= 4 is 16.6 Å². The van der Waals surface area contributed by atoms with Crippen LogP contribution in [-0.2, 0) is 12.8 Å². The Labute approximate surface area is 89.7 Å². The van der Waals surface area contributed by atoms with E-state index < -0.39 is 0 Å². The molecular weight excluding hydrogens is 184 g/mol. The minimum absolute atomic E-state index is 1.20. The molecule has 78 valence electrons. The van der Waals surface area contributed by atoms with Crippen molar-refractivity contribution in [1.82, 2.24) is 4.98 Å². The highest BCUT2D eigenvalue weighted by molar-refractivity contribution is 5.88. The molecule has 0 atom stereocenters. The van der Waals surface area contributed by atoms with Gasteiger partial charge in [-0.1, -0.05) is 0 Å². The summed E-state index contributed by atoms with van der Waals surface area (Å²) in [4.78, 5) is 3.54. The van der Waals surface area contributed by atoms with Gasteiger partial charge in [-0.3, -0.25) is 0 Å². The second-order valence-electron chi connectivity index (χ2n) is 4.30. The van der Waals surface area contributed by atoms with Crippen molar-refractivity contribution in [1.29, 1.82) is 0 Å². The van der Waals surface area contributed by atoms with Crippen LogP contribution >= 0.6 is 0 Å². The number of H-pyrrole nitrogens is 1. The molecule has 2 nitrogen and oxygen atoms in total. The molecular formula is C13H16N2. The second-order valence-corrected chi connectivity index (χ2v) is 4.30. The summed E-state index contributed by atoms with van der Waals surface area (Å²) in [6.07, 6.45) is 5.13. The maximum absolute atomic E-state index is 3.54. The Morgan fingerprint density at radius 1 is 1.20 bits per heavy atom. The summed E-state index contributed by atoms with van der Waals surface area (Å²) in [5.74, 6) is 0. The molecule has 2 heteroatoms. The Morgan fingerprint density at radius 2 is 2.07 bits per heavy atom. The van der Waals surface area contributed by atoms with E-state index in [0.29, 0.717) is 0 Å². The first kappa shape index (κ1) is 8.84. The van der Waals surface area contributed by atoms with Crippen LogP contribution in [0.2, 0.25) is 0 Å². The van der Waals surface area contributed by atoms with Crippen LogP contribution in [0.3, 0.4) is 0 Å². The number of anilines is 1. The maximum Gasteiger partial charge on any atom is 0.0460 e. The fraction of sp³-hybridized carbons (Fsp3) is 0.385. The first-order valence-corrected chi connectivity index (χ1v) is 5.70. The molecule has 0 radical (unpaired) electrons. The number of fused-ring (bicyclic) bond motifs is 3. The Morgan fingerprint density at radius 3 is 2.93 bits per heavy atom. The van der Waals surface area contributed by atoms with Crippen molar-refractivity contribution in [2.45, 2.75) is 25.7 Å². The van der Waals surface area contributed by atoms with Gasteiger partial charge in [0.2, 0.25) is 0 Å². The van der Waals surface area contributed by atoms with Gasteiger partial charge in [-0.2, -0.15) is 0 Å². The molecule has 1 aliphatic carbocycles. The highest BCUT2D eigenvalue weighted by Gasteiger charge is 2.14. The molecule has 1 aliphatic rings. The van der Waals surface area contributed by atoms with Crippen LogP contribution < -0.4 is 5.32 Å². The van der Waals surface area contributed by atoms with E-state index in [4.69, 9.17) is 0 Å². The number of hydrogen-bond acceptors (Lipinski definition) is 1. The third kappa shape index (κ3) is 1.32. The van der Waals surface area contributed by atoms with E-state index in [2.05, 4.69) is 28.5 Å². The second kappa shape index (κ2) is 3.30. The number of aryl methyl sites for hydroxylation is 2. The summed E-state index contributed by atoms with van der Waals surface area (Å²) in [6, 6.07) is 6.57. The summed E-state index contributed by atoms with van der Waals surface area (Å²) >= 11 is 0. The molecule has 1 heterocycles. The molecule has 0 unspecified atom stereocenters. The van der Waals surface area contributed by atoms with Crippen molar-refractivity contribution in [2.75, 3.05) is 12.4 Å². The van der Waals surface area contributed by atoms with Gasteiger partial charge in [0, 0.05) is 29.3 Å². The Balaban J connectivity index is 2.24. The zero-order chi connectivity index (χ0) is 10.3. The van der Waals surface area contributed by atoms with E-state index in [-0.39, 0.29) is 0 Å². The van der Waals surface area contributed by atoms with Gasteiger partial charge in [-0.05, 0) is 49.4 Å². The zero-order valence-corrected chi connectivity index (χ0v) is 9.06. The summed E-state index contributed by atoms with van der Waals surface area (Å²) in [7, 11) is 1.97. The van der Waals surface area contributed by atoms with Crippen molar-refractivity contribution in [3.05, 3.63) is 29.5 Å². The molecule has 0 bridgehead atoms. The quantitative estimate of drug-likeness (QED) is 0.727. The van der Waals surface area contributed by atoms with Crippen LogP contribution in [0.15, 0.2) is 18.2 Å². The highest BCUT2D eigenvalue weighted by atomic mass is 14.8. The third-order valence-electron chi connectivity index (χ3n) is 3.39. The highest BCUT2D eigenvalue weighted by Crippen LogP contribution is 2.30. The van der Waals surface area contributed by atoms with Gasteiger partial charge in [-0.15, -0.1) is 0 Å². The van der Waals surface area contributed by atoms with Gasteiger partial charge in [-0.25, -0.2) is 0 Å². The molecule has 0 fully saturated rings. The van der Waals surface area contributed by atoms with E-state index in [1.807, 2.05) is 7.05 Å². The molecule has 0 aliphatic heterocycles. The van der Waals surface area contributed by atoms with Gasteiger partial charge in [0.1, 0.15) is 0 Å². The third-order valence-corrected chi connectivity index (χ3v) is 3.39. The average Bonchev–Trinajstić information content (AvgIpc) is 2.66. The molecule has 2 aromatic rings. The van der Waals surface area contributed by atoms with Crippen LogP contribution in [0.25, 0.3) is 10.9 Å². The topological polar surface area (TPSA) is 27.8 Å². The summed E-state index contributed by atoms with van der Waals surface area (Å²) < 4.78 is 0. The Bertz CT molecular complexity index is 496. The average molecular weight is 200 g/mol. The smallest absolute Gasteiger partial charge is 0.0460 e. The number of hydrogen-bond donors (Lipinski definition) is 2. The van der Waals surface area contributed by atoms with Crippen LogP contribution in [0.4, 0.5) is 5.69 Å². The lowest BCUT2D eigenvalue weighted by Gasteiger charge is -2.10. The number of nitrogens with one attached hydrogen (secondary N) is 2. The van der Waals surface area contributed by atoms with Crippen molar-refractivity contribution < 1.29 is 0 Å². The van der Waals surface area contributed by atoms with Crippen molar-refractivity contribution in [3.63, 3.8) is 0 Å². The monoisotopic (exact) mass is 200 g/mol. The van der Waals surface area contributed by atoms with Crippen LogP contribution in [0.1, 0.15) is 24.1 Å². The standard InChI is InChI=1S/C13H16N2/c1-14-9-6-7-13-11(8-9)10-4-2-3-5-12(10)15-13/h6-8,14-15H,2-5H2,1H3. The van der Waals surface area contributed by atoms with Crippen LogP contribution in [-0.4, -0.2) is 12.0 Å². The van der Waals surface area contributed by atoms with Gasteiger partial charge < -0.3 is 10.3 Å². The van der Waals surface area contributed by atoms with E-state index in [0.717, 1.165) is 0 Å². The number of aromatic nitrogens is 1. The largest absolute Gasteiger partial charge is 0.388 e. The molecule has 1 aromatic heterocycles. The van der Waals surface area contributed by atoms with Gasteiger partial charge in [0.15, 0.2) is 0 Å². The fourth-order valence-electron chi connectivity index (χ4n) is 2.56. The molecule has 0 saturated heterocycles. The lowest BCUT2D eigenvalue weighted by Crippen LogP contribution is -2.00. The summed E-state index contributed by atoms with van der Waals surface area (Å²) in [5.41, 5.74) is 5.51. The first-order chi connectivity index (χ1) is 7.38. The maximum atomic E-state index is 3.54. The minimum atomic E-state index is 1.20. The molecule has 3 rings (SSSR count). The number of aromatic amines is 1. The van der Waals surface area contributed by atoms with Crippen molar-refractivity contribution in [2.24, 2.45) is 0 Å². The number of benzene rings is 1. The van der Waals surface area contributed by atoms with Crippen LogP contribution in [0.5, 0.6) is 0 Å². The van der Waals surface area contributed by atoms with E-state index in [1.165, 1.54) is 48.0 Å². The fourth-order valence-corrected chi connectivity index (χ4v) is 2.56. The van der Waals surface area contributed by atoms with Gasteiger partial charge >= 0.3 is 0 Å². The molecule has 0 amide bonds. The van der Waals surface area contributed by atoms with E-state index in [1.54, 1.807) is 5.56 Å². The first-order valence-electron chi connectivity index (χ1n) is 5.70. The molecule has 0 saturated carbocycles. The van der Waals surface area contributed by atoms with Gasteiger partial charge in [0.25, 0.3) is 0 Å². The molecule has 1 aromatic carbocycles. The predicted octanol–water partition coefficient (Wildman–Crippen LogP) is 3.09. The Hall–Kier alpha value is -1.44. The predicted molar refractivity (Wildman–Crippen MR) is 64.5 cm³/mol. The van der Waals surface area contributed by atoms with E-state index in [9.17, 15) is 0 Å². The Kier molecular flexibility index (Phi) is 1.94. The summed E-state index contributed by atoms with van der Waals surface area (Å²) in [6.45, 7) is 0. The van der Waals surface area contributed by atoms with Crippen molar-refractivity contribution in [3.8, 4) is 0 Å². The lowest BCUT2D eigenvalue weighted by atomic mass is 9.95. The summed E-state index contributed by atoms with van der Waals surface area (Å²) in [5, 5.41) is 4.62. The lowest BCUT2D eigenvalue weighted by molar-refractivity contribution is 0.680.